The van der Waals surface area contributed by atoms with Crippen molar-refractivity contribution in [1.82, 2.24) is 14.5 Å². The summed E-state index contributed by atoms with van der Waals surface area (Å²) < 4.78 is 7.09. The van der Waals surface area contributed by atoms with Crippen molar-refractivity contribution in [2.24, 2.45) is 0 Å². The van der Waals surface area contributed by atoms with Crippen LogP contribution in [0.5, 0.6) is 5.75 Å². The molecular formula is C26H25N3O2. The van der Waals surface area contributed by atoms with E-state index in [1.54, 1.807) is 13.3 Å². The second-order valence-corrected chi connectivity index (χ2v) is 8.02. The number of hydrogen-bond acceptors (Lipinski definition) is 4. The second-order valence-electron chi connectivity index (χ2n) is 8.02. The molecular weight excluding hydrogens is 386 g/mol. The quantitative estimate of drug-likeness (QED) is 0.498. The van der Waals surface area contributed by atoms with E-state index in [-0.39, 0.29) is 5.56 Å². The van der Waals surface area contributed by atoms with Crippen molar-refractivity contribution in [2.45, 2.75) is 26.1 Å². The van der Waals surface area contributed by atoms with Crippen LogP contribution in [0.15, 0.2) is 77.7 Å². The lowest BCUT2D eigenvalue weighted by Crippen LogP contribution is -2.37. The minimum absolute atomic E-state index is 0.0736. The molecule has 0 amide bonds. The summed E-state index contributed by atoms with van der Waals surface area (Å²) in [6.07, 6.45) is 2.63. The first kappa shape index (κ1) is 19.5. The van der Waals surface area contributed by atoms with Crippen LogP contribution in [-0.2, 0) is 26.1 Å². The molecule has 3 heterocycles. The van der Waals surface area contributed by atoms with E-state index in [1.165, 1.54) is 5.56 Å². The maximum absolute atomic E-state index is 13.6. The predicted octanol–water partition coefficient (Wildman–Crippen LogP) is 4.01. The topological polar surface area (TPSA) is 47.4 Å². The summed E-state index contributed by atoms with van der Waals surface area (Å²) in [5.74, 6) is 0.857. The molecule has 0 N–H and O–H groups in total. The highest BCUT2D eigenvalue weighted by atomic mass is 16.5. The van der Waals surface area contributed by atoms with E-state index in [0.29, 0.717) is 13.1 Å². The summed E-state index contributed by atoms with van der Waals surface area (Å²) in [6.45, 7) is 2.91. The van der Waals surface area contributed by atoms with Gasteiger partial charge in [-0.25, -0.2) is 4.98 Å². The number of pyridine rings is 2. The monoisotopic (exact) mass is 411 g/mol. The standard InChI is InChI=1S/C26H25N3O2/c1-31-21-11-9-20(10-12-21)16-28-15-13-22-23-8-5-14-27-25(23)29(26(30)24(22)18-28)17-19-6-3-2-4-7-19/h2-12,14H,13,15-18H2,1H3. The van der Waals surface area contributed by atoms with Gasteiger partial charge in [-0.2, -0.15) is 0 Å². The normalized spacial score (nSPS) is 13.8. The number of nitrogens with zero attached hydrogens (tertiary/aromatic N) is 3. The van der Waals surface area contributed by atoms with Crippen LogP contribution >= 0.6 is 0 Å². The van der Waals surface area contributed by atoms with E-state index in [4.69, 9.17) is 4.74 Å². The molecule has 5 nitrogen and oxygen atoms in total. The summed E-state index contributed by atoms with van der Waals surface area (Å²) >= 11 is 0. The van der Waals surface area contributed by atoms with Gasteiger partial charge in [0.2, 0.25) is 0 Å². The first-order valence-corrected chi connectivity index (χ1v) is 10.6. The SMILES string of the molecule is COc1ccc(CN2CCc3c(c(=O)n(Cc4ccccc4)c4ncccc34)C2)cc1. The molecule has 2 aromatic heterocycles. The summed E-state index contributed by atoms with van der Waals surface area (Å²) in [7, 11) is 1.68. The fourth-order valence-corrected chi connectivity index (χ4v) is 4.46. The Labute approximate surface area is 181 Å². The molecule has 0 unspecified atom stereocenters. The molecule has 0 fully saturated rings. The Morgan fingerprint density at radius 2 is 1.68 bits per heavy atom. The molecule has 1 aliphatic heterocycles. The maximum atomic E-state index is 13.6. The van der Waals surface area contributed by atoms with Crippen molar-refractivity contribution >= 4 is 11.0 Å². The van der Waals surface area contributed by atoms with E-state index in [9.17, 15) is 4.79 Å². The minimum atomic E-state index is 0.0736. The molecule has 2 aromatic carbocycles. The van der Waals surface area contributed by atoms with Gasteiger partial charge in [0.05, 0.1) is 13.7 Å². The molecule has 0 saturated heterocycles. The van der Waals surface area contributed by atoms with E-state index in [2.05, 4.69) is 40.2 Å². The third-order valence-electron chi connectivity index (χ3n) is 6.04. The predicted molar refractivity (Wildman–Crippen MR) is 122 cm³/mol. The molecule has 0 spiro atoms. The Hall–Kier alpha value is -3.44. The maximum Gasteiger partial charge on any atom is 0.257 e. The molecule has 0 saturated carbocycles. The van der Waals surface area contributed by atoms with Gasteiger partial charge in [-0.05, 0) is 47.4 Å². The number of fused-ring (bicyclic) bond motifs is 3. The Morgan fingerprint density at radius 3 is 2.45 bits per heavy atom. The average Bonchev–Trinajstić information content (AvgIpc) is 2.83. The Balaban J connectivity index is 1.51. The average molecular weight is 412 g/mol. The first-order chi connectivity index (χ1) is 15.2. The van der Waals surface area contributed by atoms with E-state index in [1.807, 2.05) is 41.0 Å². The zero-order valence-corrected chi connectivity index (χ0v) is 17.6. The van der Waals surface area contributed by atoms with Crippen LogP contribution in [0.3, 0.4) is 0 Å². The third-order valence-corrected chi connectivity index (χ3v) is 6.04. The Bertz CT molecular complexity index is 1260. The van der Waals surface area contributed by atoms with Crippen LogP contribution in [0.2, 0.25) is 0 Å². The molecule has 5 heteroatoms. The number of methoxy groups -OCH3 is 1. The third kappa shape index (κ3) is 3.84. The highest BCUT2D eigenvalue weighted by molar-refractivity contribution is 5.80. The number of aromatic nitrogens is 2. The number of hydrogen-bond donors (Lipinski definition) is 0. The van der Waals surface area contributed by atoms with Gasteiger partial charge >= 0.3 is 0 Å². The van der Waals surface area contributed by atoms with E-state index < -0.39 is 0 Å². The smallest absolute Gasteiger partial charge is 0.257 e. The van der Waals surface area contributed by atoms with Crippen LogP contribution in [-0.4, -0.2) is 28.1 Å². The summed E-state index contributed by atoms with van der Waals surface area (Å²) in [5, 5.41) is 1.09. The number of ether oxygens (including phenoxy) is 1. The van der Waals surface area contributed by atoms with Crippen LogP contribution in [0.1, 0.15) is 22.3 Å². The molecule has 0 aliphatic carbocycles. The summed E-state index contributed by atoms with van der Waals surface area (Å²) in [6, 6.07) is 22.3. The van der Waals surface area contributed by atoms with Gasteiger partial charge in [0.15, 0.2) is 0 Å². The lowest BCUT2D eigenvalue weighted by molar-refractivity contribution is 0.244. The van der Waals surface area contributed by atoms with Crippen molar-refractivity contribution in [3.63, 3.8) is 0 Å². The van der Waals surface area contributed by atoms with Crippen LogP contribution in [0, 0.1) is 0 Å². The van der Waals surface area contributed by atoms with Crippen molar-refractivity contribution in [2.75, 3.05) is 13.7 Å². The summed E-state index contributed by atoms with van der Waals surface area (Å²) in [5.41, 5.74) is 5.22. The van der Waals surface area contributed by atoms with E-state index in [0.717, 1.165) is 53.0 Å². The van der Waals surface area contributed by atoms with Crippen LogP contribution < -0.4 is 10.3 Å². The largest absolute Gasteiger partial charge is 0.497 e. The first-order valence-electron chi connectivity index (χ1n) is 10.6. The highest BCUT2D eigenvalue weighted by Crippen LogP contribution is 2.26. The van der Waals surface area contributed by atoms with Crippen molar-refractivity contribution in [1.29, 1.82) is 0 Å². The van der Waals surface area contributed by atoms with Crippen molar-refractivity contribution in [3.8, 4) is 5.75 Å². The van der Waals surface area contributed by atoms with Gasteiger partial charge in [-0.3, -0.25) is 14.3 Å². The van der Waals surface area contributed by atoms with Crippen LogP contribution in [0.4, 0.5) is 0 Å². The molecule has 156 valence electrons. The van der Waals surface area contributed by atoms with Crippen molar-refractivity contribution < 1.29 is 4.74 Å². The zero-order chi connectivity index (χ0) is 21.2. The second kappa shape index (κ2) is 8.36. The molecule has 0 bridgehead atoms. The van der Waals surface area contributed by atoms with Gasteiger partial charge in [-0.15, -0.1) is 0 Å². The molecule has 4 aromatic rings. The van der Waals surface area contributed by atoms with Gasteiger partial charge < -0.3 is 4.74 Å². The Kier molecular flexibility index (Phi) is 5.26. The Morgan fingerprint density at radius 1 is 0.903 bits per heavy atom. The molecule has 1 aliphatic rings. The van der Waals surface area contributed by atoms with E-state index >= 15 is 0 Å². The number of benzene rings is 2. The summed E-state index contributed by atoms with van der Waals surface area (Å²) in [4.78, 5) is 20.5. The highest BCUT2D eigenvalue weighted by Gasteiger charge is 2.24. The molecule has 5 rings (SSSR count). The van der Waals surface area contributed by atoms with Crippen LogP contribution in [0.25, 0.3) is 11.0 Å². The van der Waals surface area contributed by atoms with Crippen molar-refractivity contribution in [3.05, 3.63) is 106 Å². The molecule has 0 radical (unpaired) electrons. The number of rotatable bonds is 5. The van der Waals surface area contributed by atoms with Gasteiger partial charge in [-0.1, -0.05) is 42.5 Å². The zero-order valence-electron chi connectivity index (χ0n) is 17.6. The van der Waals surface area contributed by atoms with Gasteiger partial charge in [0, 0.05) is 36.8 Å². The molecule has 0 atom stereocenters. The molecule has 31 heavy (non-hydrogen) atoms. The fraction of sp³-hybridized carbons (Fsp3) is 0.231. The lowest BCUT2D eigenvalue weighted by Gasteiger charge is -2.30. The fourth-order valence-electron chi connectivity index (χ4n) is 4.46. The van der Waals surface area contributed by atoms with Gasteiger partial charge in [0.25, 0.3) is 5.56 Å². The lowest BCUT2D eigenvalue weighted by atomic mass is 9.97. The minimum Gasteiger partial charge on any atom is -0.497 e. The van der Waals surface area contributed by atoms with Gasteiger partial charge in [0.1, 0.15) is 11.4 Å².